The Morgan fingerprint density at radius 1 is 0.970 bits per heavy atom. The first-order valence-corrected chi connectivity index (χ1v) is 11.3. The summed E-state index contributed by atoms with van der Waals surface area (Å²) in [6.45, 7) is 2.37. The number of amides is 3. The predicted octanol–water partition coefficient (Wildman–Crippen LogP) is 2.34. The molecular weight excluding hydrogens is 422 g/mol. The lowest BCUT2D eigenvalue weighted by Gasteiger charge is -2.31. The van der Waals surface area contributed by atoms with E-state index in [2.05, 4.69) is 10.6 Å². The Morgan fingerprint density at radius 3 is 2.42 bits per heavy atom. The normalized spacial score (nSPS) is 13.9. The van der Waals surface area contributed by atoms with Gasteiger partial charge in [-0.3, -0.25) is 14.4 Å². The molecule has 0 aliphatic carbocycles. The monoisotopic (exact) mass is 453 g/mol. The van der Waals surface area contributed by atoms with Crippen molar-refractivity contribution in [2.75, 3.05) is 32.8 Å². The number of carbonyl (C=O) groups is 3. The van der Waals surface area contributed by atoms with Crippen LogP contribution in [0.1, 0.15) is 36.0 Å². The molecule has 0 radical (unpaired) electrons. The molecular formula is C25H31N3O5. The highest BCUT2D eigenvalue weighted by Gasteiger charge is 2.26. The topological polar surface area (TPSA) is 108 Å². The van der Waals surface area contributed by atoms with Crippen LogP contribution in [0.25, 0.3) is 0 Å². The summed E-state index contributed by atoms with van der Waals surface area (Å²) >= 11 is 0. The van der Waals surface area contributed by atoms with Crippen LogP contribution in [-0.2, 0) is 9.59 Å². The molecule has 8 nitrogen and oxygen atoms in total. The molecule has 2 aromatic carbocycles. The highest BCUT2D eigenvalue weighted by molar-refractivity contribution is 5.94. The molecule has 8 heteroatoms. The molecule has 1 aliphatic rings. The van der Waals surface area contributed by atoms with Crippen molar-refractivity contribution in [1.29, 1.82) is 0 Å². The number of piperidine rings is 1. The Morgan fingerprint density at radius 2 is 1.70 bits per heavy atom. The molecule has 0 aromatic heterocycles. The molecule has 3 amide bonds. The lowest BCUT2D eigenvalue weighted by Crippen LogP contribution is -2.43. The number of rotatable bonds is 10. The summed E-state index contributed by atoms with van der Waals surface area (Å²) in [5.74, 6) is 0.476. The molecule has 0 unspecified atom stereocenters. The maximum Gasteiger partial charge on any atom is 0.251 e. The van der Waals surface area contributed by atoms with Crippen LogP contribution in [0, 0.1) is 5.92 Å². The number of hydrogen-bond acceptors (Lipinski definition) is 5. The first-order chi connectivity index (χ1) is 16.0. The third-order valence-electron chi connectivity index (χ3n) is 5.59. The molecule has 3 rings (SSSR count). The second kappa shape index (κ2) is 12.5. The fourth-order valence-electron chi connectivity index (χ4n) is 3.72. The minimum atomic E-state index is -0.261. The van der Waals surface area contributed by atoms with Crippen LogP contribution in [-0.4, -0.2) is 60.5 Å². The van der Waals surface area contributed by atoms with Crippen molar-refractivity contribution in [2.24, 2.45) is 5.92 Å². The molecule has 1 fully saturated rings. The van der Waals surface area contributed by atoms with Gasteiger partial charge in [0.15, 0.2) is 0 Å². The summed E-state index contributed by atoms with van der Waals surface area (Å²) in [4.78, 5) is 38.6. The smallest absolute Gasteiger partial charge is 0.251 e. The number of nitrogens with one attached hydrogen (secondary N) is 2. The van der Waals surface area contributed by atoms with Gasteiger partial charge in [0.2, 0.25) is 11.8 Å². The van der Waals surface area contributed by atoms with Crippen molar-refractivity contribution < 1.29 is 24.2 Å². The zero-order valence-electron chi connectivity index (χ0n) is 18.7. The van der Waals surface area contributed by atoms with Gasteiger partial charge in [-0.15, -0.1) is 0 Å². The Kier molecular flexibility index (Phi) is 9.11. The quantitative estimate of drug-likeness (QED) is 0.479. The summed E-state index contributed by atoms with van der Waals surface area (Å²) < 4.78 is 5.59. The first-order valence-electron chi connectivity index (χ1n) is 11.3. The van der Waals surface area contributed by atoms with Gasteiger partial charge >= 0.3 is 0 Å². The SMILES string of the molecule is O=C(NCCCNC(=O)C1CCN(C(=O)CCOc2ccccc2)CC1)c1cccc(O)c1. The van der Waals surface area contributed by atoms with E-state index in [0.29, 0.717) is 64.0 Å². The number of phenols is 1. The standard InChI is InChI=1S/C25H31N3O5/c29-21-7-4-6-20(18-21)25(32)27-14-5-13-26-24(31)19-10-15-28(16-11-19)23(30)12-17-33-22-8-2-1-3-9-22/h1-4,6-9,18-19,29H,5,10-17H2,(H,26,31)(H,27,32). The van der Waals surface area contributed by atoms with E-state index in [1.807, 2.05) is 30.3 Å². The van der Waals surface area contributed by atoms with Gasteiger partial charge < -0.3 is 25.4 Å². The van der Waals surface area contributed by atoms with Crippen LogP contribution in [0.2, 0.25) is 0 Å². The maximum atomic E-state index is 12.4. The van der Waals surface area contributed by atoms with Crippen LogP contribution < -0.4 is 15.4 Å². The zero-order valence-corrected chi connectivity index (χ0v) is 18.7. The molecule has 1 saturated heterocycles. The lowest BCUT2D eigenvalue weighted by atomic mass is 9.95. The van der Waals surface area contributed by atoms with E-state index in [-0.39, 0.29) is 29.4 Å². The van der Waals surface area contributed by atoms with Crippen molar-refractivity contribution in [3.63, 3.8) is 0 Å². The number of likely N-dealkylation sites (tertiary alicyclic amines) is 1. The summed E-state index contributed by atoms with van der Waals surface area (Å²) in [6.07, 6.45) is 2.21. The zero-order chi connectivity index (χ0) is 23.5. The van der Waals surface area contributed by atoms with E-state index < -0.39 is 0 Å². The average molecular weight is 454 g/mol. The Labute approximate surface area is 193 Å². The number of carbonyl (C=O) groups excluding carboxylic acids is 3. The summed E-state index contributed by atoms with van der Waals surface area (Å²) in [7, 11) is 0. The van der Waals surface area contributed by atoms with E-state index in [9.17, 15) is 19.5 Å². The molecule has 33 heavy (non-hydrogen) atoms. The Hall–Kier alpha value is -3.55. The van der Waals surface area contributed by atoms with E-state index in [1.165, 1.54) is 12.1 Å². The predicted molar refractivity (Wildman–Crippen MR) is 124 cm³/mol. The van der Waals surface area contributed by atoms with Crippen LogP contribution in [0.5, 0.6) is 11.5 Å². The highest BCUT2D eigenvalue weighted by Crippen LogP contribution is 2.18. The molecule has 2 aromatic rings. The molecule has 0 atom stereocenters. The number of benzene rings is 2. The summed E-state index contributed by atoms with van der Waals surface area (Å²) in [5.41, 5.74) is 0.395. The van der Waals surface area contributed by atoms with E-state index in [0.717, 1.165) is 5.75 Å². The van der Waals surface area contributed by atoms with Gasteiger partial charge in [0.05, 0.1) is 13.0 Å². The Balaban J connectivity index is 1.26. The minimum Gasteiger partial charge on any atom is -0.508 e. The number of nitrogens with zero attached hydrogens (tertiary/aromatic N) is 1. The molecule has 1 heterocycles. The van der Waals surface area contributed by atoms with Crippen molar-refractivity contribution in [3.05, 3.63) is 60.2 Å². The lowest BCUT2D eigenvalue weighted by molar-refractivity contribution is -0.136. The number of hydrogen-bond donors (Lipinski definition) is 3. The second-order valence-corrected chi connectivity index (χ2v) is 8.02. The van der Waals surface area contributed by atoms with Crippen molar-refractivity contribution >= 4 is 17.7 Å². The van der Waals surface area contributed by atoms with Gasteiger partial charge in [-0.05, 0) is 49.6 Å². The number of phenolic OH excluding ortho intramolecular Hbond substituents is 1. The molecule has 0 saturated carbocycles. The maximum absolute atomic E-state index is 12.4. The number of aromatic hydroxyl groups is 1. The van der Waals surface area contributed by atoms with E-state index >= 15 is 0 Å². The van der Waals surface area contributed by atoms with E-state index in [4.69, 9.17) is 4.74 Å². The van der Waals surface area contributed by atoms with Gasteiger partial charge in [0.1, 0.15) is 11.5 Å². The fraction of sp³-hybridized carbons (Fsp3) is 0.400. The highest BCUT2D eigenvalue weighted by atomic mass is 16.5. The summed E-state index contributed by atoms with van der Waals surface area (Å²) in [5, 5.41) is 15.1. The van der Waals surface area contributed by atoms with Gasteiger partial charge in [0.25, 0.3) is 5.91 Å². The number of ether oxygens (including phenoxy) is 1. The van der Waals surface area contributed by atoms with Gasteiger partial charge in [-0.25, -0.2) is 0 Å². The number of para-hydroxylation sites is 1. The largest absolute Gasteiger partial charge is 0.508 e. The summed E-state index contributed by atoms with van der Waals surface area (Å²) in [6, 6.07) is 15.6. The molecule has 3 N–H and O–H groups in total. The van der Waals surface area contributed by atoms with Crippen LogP contribution in [0.4, 0.5) is 0 Å². The van der Waals surface area contributed by atoms with Crippen LogP contribution in [0.15, 0.2) is 54.6 Å². The van der Waals surface area contributed by atoms with Crippen molar-refractivity contribution in [3.8, 4) is 11.5 Å². The third-order valence-corrected chi connectivity index (χ3v) is 5.59. The van der Waals surface area contributed by atoms with Crippen molar-refractivity contribution in [1.82, 2.24) is 15.5 Å². The Bertz CT molecular complexity index is 927. The second-order valence-electron chi connectivity index (χ2n) is 8.02. The third kappa shape index (κ3) is 7.82. The first kappa shape index (κ1) is 24.1. The molecule has 176 valence electrons. The van der Waals surface area contributed by atoms with Gasteiger partial charge in [0, 0.05) is 37.7 Å². The molecule has 0 bridgehead atoms. The fourth-order valence-corrected chi connectivity index (χ4v) is 3.72. The van der Waals surface area contributed by atoms with Crippen LogP contribution >= 0.6 is 0 Å². The van der Waals surface area contributed by atoms with Gasteiger partial charge in [-0.1, -0.05) is 24.3 Å². The minimum absolute atomic E-state index is 0.00572. The molecule has 1 aliphatic heterocycles. The van der Waals surface area contributed by atoms with E-state index in [1.54, 1.807) is 17.0 Å². The van der Waals surface area contributed by atoms with Crippen molar-refractivity contribution in [2.45, 2.75) is 25.7 Å². The van der Waals surface area contributed by atoms with Gasteiger partial charge in [-0.2, -0.15) is 0 Å². The average Bonchev–Trinajstić information content (AvgIpc) is 2.84. The molecule has 0 spiro atoms. The van der Waals surface area contributed by atoms with Crippen LogP contribution in [0.3, 0.4) is 0 Å².